The summed E-state index contributed by atoms with van der Waals surface area (Å²) in [5, 5.41) is 0. The van der Waals surface area contributed by atoms with Gasteiger partial charge in [-0.3, -0.25) is 0 Å². The molecule has 1 saturated heterocycles. The molecule has 6 heteroatoms. The molecule has 1 aromatic carbocycles. The van der Waals surface area contributed by atoms with Gasteiger partial charge in [0, 0.05) is 25.5 Å². The number of hydrogen-bond acceptors (Lipinski definition) is 2. The van der Waals surface area contributed by atoms with E-state index in [9.17, 15) is 13.2 Å². The third-order valence-corrected chi connectivity index (χ3v) is 3.83. The molecule has 0 atom stereocenters. The van der Waals surface area contributed by atoms with Gasteiger partial charge in [0.1, 0.15) is 5.82 Å². The molecule has 21 heavy (non-hydrogen) atoms. The lowest BCUT2D eigenvalue weighted by atomic mass is 10.1. The lowest BCUT2D eigenvalue weighted by molar-refractivity contribution is -0.137. The first-order chi connectivity index (χ1) is 9.97. The second-order valence-corrected chi connectivity index (χ2v) is 5.24. The minimum Gasteiger partial charge on any atom is -0.370 e. The molecule has 0 radical (unpaired) electrons. The van der Waals surface area contributed by atoms with Gasteiger partial charge in [0.15, 0.2) is 0 Å². The van der Waals surface area contributed by atoms with Crippen LogP contribution in [0.2, 0.25) is 0 Å². The van der Waals surface area contributed by atoms with Crippen LogP contribution >= 0.6 is 0 Å². The van der Waals surface area contributed by atoms with E-state index in [1.807, 2.05) is 16.4 Å². The van der Waals surface area contributed by atoms with E-state index >= 15 is 0 Å². The van der Waals surface area contributed by atoms with Crippen molar-refractivity contribution < 1.29 is 13.2 Å². The summed E-state index contributed by atoms with van der Waals surface area (Å²) >= 11 is 0. The molecule has 3 rings (SSSR count). The quantitative estimate of drug-likeness (QED) is 0.840. The second kappa shape index (κ2) is 5.09. The van der Waals surface area contributed by atoms with Gasteiger partial charge in [0.25, 0.3) is 0 Å². The van der Waals surface area contributed by atoms with Crippen LogP contribution in [0.4, 0.5) is 18.9 Å². The Balaban J connectivity index is 2.13. The Morgan fingerprint density at radius 1 is 1.10 bits per heavy atom. The summed E-state index contributed by atoms with van der Waals surface area (Å²) in [6.07, 6.45) is 1.13. The molecule has 2 heterocycles. The Morgan fingerprint density at radius 2 is 1.81 bits per heavy atom. The van der Waals surface area contributed by atoms with Gasteiger partial charge in [-0.05, 0) is 38.0 Å². The number of aryl methyl sites for hydroxylation is 1. The minimum absolute atomic E-state index is 0.606. The van der Waals surface area contributed by atoms with Crippen molar-refractivity contribution in [1.29, 1.82) is 0 Å². The molecule has 1 aliphatic rings. The van der Waals surface area contributed by atoms with E-state index in [2.05, 4.69) is 4.98 Å². The fraction of sp³-hybridized carbons (Fsp3) is 0.400. The van der Waals surface area contributed by atoms with Crippen LogP contribution in [0.25, 0.3) is 5.69 Å². The van der Waals surface area contributed by atoms with Crippen molar-refractivity contribution >= 4 is 5.69 Å². The molecule has 0 bridgehead atoms. The highest BCUT2D eigenvalue weighted by molar-refractivity contribution is 5.65. The minimum atomic E-state index is -4.32. The van der Waals surface area contributed by atoms with Crippen LogP contribution in [0.3, 0.4) is 0 Å². The van der Waals surface area contributed by atoms with E-state index in [1.54, 1.807) is 12.4 Å². The van der Waals surface area contributed by atoms with Gasteiger partial charge in [-0.1, -0.05) is 0 Å². The van der Waals surface area contributed by atoms with Gasteiger partial charge < -0.3 is 9.47 Å². The fourth-order valence-electron chi connectivity index (χ4n) is 2.75. The predicted octanol–water partition coefficient (Wildman–Crippen LogP) is 3.80. The molecule has 0 saturated carbocycles. The molecule has 1 aliphatic heterocycles. The topological polar surface area (TPSA) is 21.1 Å². The number of nitrogens with zero attached hydrogens (tertiary/aromatic N) is 3. The smallest absolute Gasteiger partial charge is 0.370 e. The van der Waals surface area contributed by atoms with Crippen LogP contribution in [-0.4, -0.2) is 22.6 Å². The Labute approximate surface area is 121 Å². The lowest BCUT2D eigenvalue weighted by Gasteiger charge is -2.23. The molecule has 0 N–H and O–H groups in total. The largest absolute Gasteiger partial charge is 0.416 e. The highest BCUT2D eigenvalue weighted by atomic mass is 19.4. The standard InChI is InChI=1S/C15H16F3N3/c1-11-19-6-9-21(11)13-5-4-12(15(16,17)18)10-14(13)20-7-2-3-8-20/h4-6,9-10H,2-3,7-8H2,1H3. The average Bonchev–Trinajstić information content (AvgIpc) is 3.08. The van der Waals surface area contributed by atoms with Crippen LogP contribution in [-0.2, 0) is 6.18 Å². The Bertz CT molecular complexity index is 640. The molecule has 3 nitrogen and oxygen atoms in total. The van der Waals surface area contributed by atoms with Crippen LogP contribution in [0.1, 0.15) is 24.2 Å². The predicted molar refractivity (Wildman–Crippen MR) is 74.8 cm³/mol. The first-order valence-corrected chi connectivity index (χ1v) is 6.93. The number of aromatic nitrogens is 2. The zero-order chi connectivity index (χ0) is 15.0. The molecule has 0 amide bonds. The Morgan fingerprint density at radius 3 is 2.38 bits per heavy atom. The van der Waals surface area contributed by atoms with Crippen molar-refractivity contribution in [2.45, 2.75) is 25.9 Å². The number of rotatable bonds is 2. The van der Waals surface area contributed by atoms with Crippen molar-refractivity contribution in [2.24, 2.45) is 0 Å². The van der Waals surface area contributed by atoms with Crippen LogP contribution in [0.5, 0.6) is 0 Å². The third kappa shape index (κ3) is 2.62. The zero-order valence-corrected chi connectivity index (χ0v) is 11.7. The Hall–Kier alpha value is -1.98. The number of anilines is 1. The third-order valence-electron chi connectivity index (χ3n) is 3.83. The maximum Gasteiger partial charge on any atom is 0.416 e. The van der Waals surface area contributed by atoms with Crippen molar-refractivity contribution in [1.82, 2.24) is 9.55 Å². The molecule has 0 spiro atoms. The number of imidazole rings is 1. The van der Waals surface area contributed by atoms with Crippen molar-refractivity contribution in [3.63, 3.8) is 0 Å². The van der Waals surface area contributed by atoms with Crippen LogP contribution < -0.4 is 4.90 Å². The number of halogens is 3. The fourth-order valence-corrected chi connectivity index (χ4v) is 2.75. The summed E-state index contributed by atoms with van der Waals surface area (Å²) in [5.74, 6) is 0.759. The summed E-state index contributed by atoms with van der Waals surface area (Å²) in [7, 11) is 0. The van der Waals surface area contributed by atoms with Crippen LogP contribution in [0, 0.1) is 6.92 Å². The molecule has 1 aromatic heterocycles. The second-order valence-electron chi connectivity index (χ2n) is 5.24. The van der Waals surface area contributed by atoms with Gasteiger partial charge in [-0.15, -0.1) is 0 Å². The normalized spacial score (nSPS) is 15.7. The molecular formula is C15H16F3N3. The maximum absolute atomic E-state index is 13.0. The zero-order valence-electron chi connectivity index (χ0n) is 11.7. The number of alkyl halides is 3. The van der Waals surface area contributed by atoms with Gasteiger partial charge in [0.2, 0.25) is 0 Å². The molecule has 2 aromatic rings. The summed E-state index contributed by atoms with van der Waals surface area (Å²) in [6, 6.07) is 3.92. The van der Waals surface area contributed by atoms with E-state index in [0.29, 0.717) is 5.69 Å². The summed E-state index contributed by atoms with van der Waals surface area (Å²) in [6.45, 7) is 3.43. The number of benzene rings is 1. The Kier molecular flexibility index (Phi) is 3.39. The summed E-state index contributed by atoms with van der Waals surface area (Å²) in [5.41, 5.74) is 0.772. The molecule has 0 unspecified atom stereocenters. The monoisotopic (exact) mass is 295 g/mol. The van der Waals surface area contributed by atoms with E-state index in [4.69, 9.17) is 0 Å². The molecular weight excluding hydrogens is 279 g/mol. The highest BCUT2D eigenvalue weighted by Gasteiger charge is 2.32. The van der Waals surface area contributed by atoms with Crippen molar-refractivity contribution in [2.75, 3.05) is 18.0 Å². The van der Waals surface area contributed by atoms with Crippen molar-refractivity contribution in [3.8, 4) is 5.69 Å². The van der Waals surface area contributed by atoms with Crippen molar-refractivity contribution in [3.05, 3.63) is 42.0 Å². The van der Waals surface area contributed by atoms with Gasteiger partial charge in [-0.25, -0.2) is 4.98 Å². The van der Waals surface area contributed by atoms with E-state index in [-0.39, 0.29) is 0 Å². The maximum atomic E-state index is 13.0. The first kappa shape index (κ1) is 14.0. The highest BCUT2D eigenvalue weighted by Crippen LogP contribution is 2.36. The SMILES string of the molecule is Cc1nccn1-c1ccc(C(F)(F)F)cc1N1CCCC1. The van der Waals surface area contributed by atoms with Gasteiger partial charge >= 0.3 is 6.18 Å². The summed E-state index contributed by atoms with van der Waals surface area (Å²) < 4.78 is 40.7. The van der Waals surface area contributed by atoms with E-state index in [1.165, 1.54) is 12.1 Å². The van der Waals surface area contributed by atoms with Gasteiger partial charge in [-0.2, -0.15) is 13.2 Å². The van der Waals surface area contributed by atoms with E-state index in [0.717, 1.165) is 43.5 Å². The lowest BCUT2D eigenvalue weighted by Crippen LogP contribution is -2.21. The molecule has 112 valence electrons. The average molecular weight is 295 g/mol. The molecule has 0 aliphatic carbocycles. The van der Waals surface area contributed by atoms with Crippen LogP contribution in [0.15, 0.2) is 30.6 Å². The first-order valence-electron chi connectivity index (χ1n) is 6.93. The molecule has 1 fully saturated rings. The van der Waals surface area contributed by atoms with E-state index < -0.39 is 11.7 Å². The van der Waals surface area contributed by atoms with Gasteiger partial charge in [0.05, 0.1) is 16.9 Å². The summed E-state index contributed by atoms with van der Waals surface area (Å²) in [4.78, 5) is 6.17. The number of hydrogen-bond donors (Lipinski definition) is 0.